The van der Waals surface area contributed by atoms with Gasteiger partial charge < -0.3 is 10.6 Å². The zero-order valence-electron chi connectivity index (χ0n) is 13.4. The molecule has 0 radical (unpaired) electrons. The number of rotatable bonds is 5. The van der Waals surface area contributed by atoms with Crippen LogP contribution in [-0.4, -0.2) is 45.2 Å². The van der Waals surface area contributed by atoms with Crippen molar-refractivity contribution in [3.63, 3.8) is 0 Å². The molecule has 0 aliphatic carbocycles. The molecule has 2 aromatic rings. The van der Waals surface area contributed by atoms with Gasteiger partial charge in [0.25, 0.3) is 0 Å². The first-order valence-corrected chi connectivity index (χ1v) is 8.01. The average Bonchev–Trinajstić information content (AvgIpc) is 3.20. The topological polar surface area (TPSA) is 84.7 Å². The fourth-order valence-electron chi connectivity index (χ4n) is 2.78. The fraction of sp³-hybridized carbons (Fsp3) is 0.500. The summed E-state index contributed by atoms with van der Waals surface area (Å²) in [7, 11) is 0. The summed E-state index contributed by atoms with van der Waals surface area (Å²) >= 11 is 0. The lowest BCUT2D eigenvalue weighted by atomic mass is 10.0. The van der Waals surface area contributed by atoms with Crippen LogP contribution >= 0.6 is 0 Å². The number of aromatic nitrogens is 4. The van der Waals surface area contributed by atoms with E-state index < -0.39 is 6.04 Å². The summed E-state index contributed by atoms with van der Waals surface area (Å²) in [6.07, 6.45) is 0.955. The SMILES string of the molecule is CC(C)C(C(=O)NC1CCNC1)n1nnc(-c2ccccc2)n1. The number of benzene rings is 1. The third-order valence-corrected chi connectivity index (χ3v) is 4.02. The maximum Gasteiger partial charge on any atom is 0.247 e. The van der Waals surface area contributed by atoms with Gasteiger partial charge in [0, 0.05) is 18.2 Å². The maximum atomic E-state index is 12.6. The van der Waals surface area contributed by atoms with Crippen molar-refractivity contribution in [1.29, 1.82) is 0 Å². The largest absolute Gasteiger partial charge is 0.350 e. The molecular weight excluding hydrogens is 292 g/mol. The molecule has 23 heavy (non-hydrogen) atoms. The molecule has 7 nitrogen and oxygen atoms in total. The minimum atomic E-state index is -0.458. The molecule has 7 heteroatoms. The molecule has 1 fully saturated rings. The summed E-state index contributed by atoms with van der Waals surface area (Å²) in [4.78, 5) is 14.1. The molecule has 3 rings (SSSR count). The van der Waals surface area contributed by atoms with E-state index in [0.29, 0.717) is 5.82 Å². The Morgan fingerprint density at radius 1 is 1.35 bits per heavy atom. The highest BCUT2D eigenvalue weighted by Gasteiger charge is 2.29. The predicted octanol–water partition coefficient (Wildman–Crippen LogP) is 1.02. The van der Waals surface area contributed by atoms with Crippen LogP contribution in [0.5, 0.6) is 0 Å². The first-order chi connectivity index (χ1) is 11.1. The lowest BCUT2D eigenvalue weighted by molar-refractivity contribution is -0.126. The standard InChI is InChI=1S/C16H22N6O/c1-11(2)14(16(23)18-13-8-9-17-10-13)22-20-15(19-21-22)12-6-4-3-5-7-12/h3-7,11,13-14,17H,8-10H2,1-2H3,(H,18,23). The van der Waals surface area contributed by atoms with Gasteiger partial charge in [-0.15, -0.1) is 10.2 Å². The van der Waals surface area contributed by atoms with Gasteiger partial charge in [-0.25, -0.2) is 0 Å². The molecule has 1 aromatic heterocycles. The van der Waals surface area contributed by atoms with E-state index in [1.165, 1.54) is 4.80 Å². The van der Waals surface area contributed by atoms with E-state index in [4.69, 9.17) is 0 Å². The second-order valence-corrected chi connectivity index (χ2v) is 6.19. The summed E-state index contributed by atoms with van der Waals surface area (Å²) in [5, 5.41) is 18.9. The summed E-state index contributed by atoms with van der Waals surface area (Å²) in [6.45, 7) is 5.74. The van der Waals surface area contributed by atoms with Gasteiger partial charge in [0.05, 0.1) is 0 Å². The minimum absolute atomic E-state index is 0.0503. The van der Waals surface area contributed by atoms with Crippen LogP contribution in [-0.2, 0) is 4.79 Å². The van der Waals surface area contributed by atoms with Gasteiger partial charge >= 0.3 is 0 Å². The lowest BCUT2D eigenvalue weighted by Gasteiger charge is -2.21. The second-order valence-electron chi connectivity index (χ2n) is 6.19. The highest BCUT2D eigenvalue weighted by Crippen LogP contribution is 2.19. The van der Waals surface area contributed by atoms with Crippen LogP contribution in [0.2, 0.25) is 0 Å². The van der Waals surface area contributed by atoms with Gasteiger partial charge in [0.2, 0.25) is 11.7 Å². The van der Waals surface area contributed by atoms with E-state index in [0.717, 1.165) is 25.1 Å². The van der Waals surface area contributed by atoms with Crippen molar-refractivity contribution < 1.29 is 4.79 Å². The molecule has 1 aromatic carbocycles. The normalized spacial score (nSPS) is 19.0. The number of hydrogen-bond donors (Lipinski definition) is 2. The Labute approximate surface area is 135 Å². The van der Waals surface area contributed by atoms with Gasteiger partial charge in [-0.05, 0) is 24.1 Å². The molecule has 0 bridgehead atoms. The van der Waals surface area contributed by atoms with E-state index in [1.54, 1.807) is 0 Å². The maximum absolute atomic E-state index is 12.6. The molecule has 2 heterocycles. The zero-order chi connectivity index (χ0) is 16.2. The molecular formula is C16H22N6O. The van der Waals surface area contributed by atoms with Crippen LogP contribution in [0, 0.1) is 5.92 Å². The molecule has 0 saturated carbocycles. The minimum Gasteiger partial charge on any atom is -0.350 e. The average molecular weight is 314 g/mol. The Balaban J connectivity index is 1.78. The Morgan fingerprint density at radius 3 is 2.78 bits per heavy atom. The molecule has 1 aliphatic heterocycles. The predicted molar refractivity (Wildman–Crippen MR) is 86.5 cm³/mol. The Bertz CT molecular complexity index is 648. The van der Waals surface area contributed by atoms with Crippen molar-refractivity contribution in [2.75, 3.05) is 13.1 Å². The Kier molecular flexibility index (Phi) is 4.66. The third kappa shape index (κ3) is 3.56. The number of nitrogens with zero attached hydrogens (tertiary/aromatic N) is 4. The van der Waals surface area contributed by atoms with Crippen molar-refractivity contribution in [1.82, 2.24) is 30.8 Å². The van der Waals surface area contributed by atoms with Crippen LogP contribution in [0.15, 0.2) is 30.3 Å². The van der Waals surface area contributed by atoms with Crippen LogP contribution in [0.3, 0.4) is 0 Å². The summed E-state index contributed by atoms with van der Waals surface area (Å²) in [5.41, 5.74) is 0.890. The summed E-state index contributed by atoms with van der Waals surface area (Å²) < 4.78 is 0. The Morgan fingerprint density at radius 2 is 2.13 bits per heavy atom. The van der Waals surface area contributed by atoms with Gasteiger partial charge in [-0.1, -0.05) is 44.2 Å². The van der Waals surface area contributed by atoms with Crippen molar-refractivity contribution in [2.24, 2.45) is 5.92 Å². The van der Waals surface area contributed by atoms with Gasteiger partial charge in [0.1, 0.15) is 0 Å². The van der Waals surface area contributed by atoms with Crippen molar-refractivity contribution >= 4 is 5.91 Å². The van der Waals surface area contributed by atoms with Crippen LogP contribution in [0.4, 0.5) is 0 Å². The molecule has 0 spiro atoms. The van der Waals surface area contributed by atoms with E-state index in [-0.39, 0.29) is 17.9 Å². The lowest BCUT2D eigenvalue weighted by Crippen LogP contribution is -2.43. The van der Waals surface area contributed by atoms with E-state index >= 15 is 0 Å². The molecule has 1 amide bonds. The van der Waals surface area contributed by atoms with Crippen molar-refractivity contribution in [2.45, 2.75) is 32.4 Å². The quantitative estimate of drug-likeness (QED) is 0.860. The number of carbonyl (C=O) groups is 1. The summed E-state index contributed by atoms with van der Waals surface area (Å²) in [6, 6.07) is 9.37. The monoisotopic (exact) mass is 314 g/mol. The molecule has 2 N–H and O–H groups in total. The number of carbonyl (C=O) groups excluding carboxylic acids is 1. The first-order valence-electron chi connectivity index (χ1n) is 8.01. The highest BCUT2D eigenvalue weighted by molar-refractivity contribution is 5.80. The van der Waals surface area contributed by atoms with E-state index in [1.807, 2.05) is 44.2 Å². The first kappa shape index (κ1) is 15.6. The number of hydrogen-bond acceptors (Lipinski definition) is 5. The summed E-state index contributed by atoms with van der Waals surface area (Å²) in [5.74, 6) is 0.555. The van der Waals surface area contributed by atoms with E-state index in [2.05, 4.69) is 26.0 Å². The zero-order valence-corrected chi connectivity index (χ0v) is 13.4. The molecule has 1 saturated heterocycles. The number of nitrogens with one attached hydrogen (secondary N) is 2. The molecule has 2 atom stereocenters. The van der Waals surface area contributed by atoms with Gasteiger partial charge in [-0.3, -0.25) is 4.79 Å². The van der Waals surface area contributed by atoms with Gasteiger partial charge in [-0.2, -0.15) is 4.80 Å². The van der Waals surface area contributed by atoms with Crippen LogP contribution in [0.25, 0.3) is 11.4 Å². The molecule has 1 aliphatic rings. The second kappa shape index (κ2) is 6.87. The fourth-order valence-corrected chi connectivity index (χ4v) is 2.78. The number of tetrazole rings is 1. The van der Waals surface area contributed by atoms with Gasteiger partial charge in [0.15, 0.2) is 6.04 Å². The third-order valence-electron chi connectivity index (χ3n) is 4.02. The van der Waals surface area contributed by atoms with Crippen LogP contribution in [0.1, 0.15) is 26.3 Å². The van der Waals surface area contributed by atoms with Crippen LogP contribution < -0.4 is 10.6 Å². The van der Waals surface area contributed by atoms with E-state index in [9.17, 15) is 4.79 Å². The molecule has 122 valence electrons. The smallest absolute Gasteiger partial charge is 0.247 e. The highest BCUT2D eigenvalue weighted by atomic mass is 16.2. The van der Waals surface area contributed by atoms with Crippen molar-refractivity contribution in [3.8, 4) is 11.4 Å². The van der Waals surface area contributed by atoms with Crippen molar-refractivity contribution in [3.05, 3.63) is 30.3 Å². The number of amides is 1. The molecule has 2 unspecified atom stereocenters. The Hall–Kier alpha value is -2.28.